The number of hydrogen-bond donors (Lipinski definition) is 0. The Hall–Kier alpha value is -3.19. The van der Waals surface area contributed by atoms with Crippen LogP contribution in [0.4, 0.5) is 0 Å². The van der Waals surface area contributed by atoms with Crippen molar-refractivity contribution in [1.29, 1.82) is 0 Å². The lowest BCUT2D eigenvalue weighted by atomic mass is 9.99. The van der Waals surface area contributed by atoms with Gasteiger partial charge in [-0.15, -0.1) is 0 Å². The Morgan fingerprint density at radius 3 is 2.36 bits per heavy atom. The number of aryl methyl sites for hydroxylation is 1. The molecule has 7 heteroatoms. The van der Waals surface area contributed by atoms with Gasteiger partial charge >= 0.3 is 5.97 Å². The lowest BCUT2D eigenvalue weighted by Crippen LogP contribution is -2.10. The van der Waals surface area contributed by atoms with Crippen molar-refractivity contribution in [3.63, 3.8) is 0 Å². The number of nitrogens with zero attached hydrogens (tertiary/aromatic N) is 3. The molecule has 1 aliphatic rings. The van der Waals surface area contributed by atoms with Gasteiger partial charge in [0.15, 0.2) is 5.76 Å². The molecule has 1 fully saturated rings. The molecule has 5 rings (SSSR count). The van der Waals surface area contributed by atoms with Crippen LogP contribution in [0.5, 0.6) is 0 Å². The molecule has 0 radical (unpaired) electrons. The topological polar surface area (TPSA) is 70.2 Å². The summed E-state index contributed by atoms with van der Waals surface area (Å²) in [5.74, 6) is 0.789. The second kappa shape index (κ2) is 8.98. The number of aromatic nitrogens is 3. The minimum Gasteiger partial charge on any atom is -0.458 e. The number of benzene rings is 2. The van der Waals surface area contributed by atoms with Gasteiger partial charge in [-0.25, -0.2) is 0 Å². The number of carbonyl (C=O) groups excluding carboxylic acids is 1. The van der Waals surface area contributed by atoms with E-state index in [0.29, 0.717) is 6.54 Å². The number of rotatable bonds is 7. The first-order chi connectivity index (χ1) is 16.0. The van der Waals surface area contributed by atoms with Crippen molar-refractivity contribution in [2.24, 2.45) is 5.92 Å². The summed E-state index contributed by atoms with van der Waals surface area (Å²) in [4.78, 5) is 11.9. The number of ether oxygens (including phenoxy) is 1. The lowest BCUT2D eigenvalue weighted by molar-refractivity contribution is -0.150. The molecular formula is C26H24BrN3O3. The quantitative estimate of drug-likeness (QED) is 0.274. The van der Waals surface area contributed by atoms with Crippen molar-refractivity contribution in [2.45, 2.75) is 39.3 Å². The molecule has 168 valence electrons. The van der Waals surface area contributed by atoms with Crippen LogP contribution in [0.1, 0.15) is 42.7 Å². The van der Waals surface area contributed by atoms with E-state index in [1.807, 2.05) is 49.0 Å². The number of carbonyl (C=O) groups is 1. The summed E-state index contributed by atoms with van der Waals surface area (Å²) in [7, 11) is 0. The van der Waals surface area contributed by atoms with E-state index < -0.39 is 0 Å². The third-order valence-electron chi connectivity index (χ3n) is 5.97. The fourth-order valence-corrected chi connectivity index (χ4v) is 4.13. The van der Waals surface area contributed by atoms with Gasteiger partial charge in [-0.2, -0.15) is 5.10 Å². The summed E-state index contributed by atoms with van der Waals surface area (Å²) in [5, 5.41) is 8.51. The van der Waals surface area contributed by atoms with Crippen LogP contribution < -0.4 is 0 Å². The molecule has 1 atom stereocenters. The maximum atomic E-state index is 11.9. The average Bonchev–Trinajstić information content (AvgIpc) is 3.52. The van der Waals surface area contributed by atoms with Crippen LogP contribution in [0.2, 0.25) is 0 Å². The Morgan fingerprint density at radius 1 is 1.12 bits per heavy atom. The highest BCUT2D eigenvalue weighted by atomic mass is 79.9. The van der Waals surface area contributed by atoms with Gasteiger partial charge in [0.1, 0.15) is 6.10 Å². The van der Waals surface area contributed by atoms with Crippen LogP contribution >= 0.6 is 15.9 Å². The minimum atomic E-state index is -0.238. The maximum Gasteiger partial charge on any atom is 0.309 e. The second-order valence-corrected chi connectivity index (χ2v) is 9.40. The van der Waals surface area contributed by atoms with E-state index in [-0.39, 0.29) is 18.0 Å². The van der Waals surface area contributed by atoms with Crippen molar-refractivity contribution in [3.05, 3.63) is 82.2 Å². The smallest absolute Gasteiger partial charge is 0.309 e. The number of esters is 1. The zero-order chi connectivity index (χ0) is 22.9. The predicted octanol–water partition coefficient (Wildman–Crippen LogP) is 6.34. The fraction of sp³-hybridized carbons (Fsp3) is 0.269. The largest absolute Gasteiger partial charge is 0.458 e. The van der Waals surface area contributed by atoms with Gasteiger partial charge < -0.3 is 9.26 Å². The van der Waals surface area contributed by atoms with Gasteiger partial charge in [-0.05, 0) is 59.3 Å². The molecule has 0 N–H and O–H groups in total. The minimum absolute atomic E-state index is 0.0793. The Morgan fingerprint density at radius 2 is 1.76 bits per heavy atom. The molecule has 4 aromatic rings. The van der Waals surface area contributed by atoms with Crippen molar-refractivity contribution in [1.82, 2.24) is 14.9 Å². The monoisotopic (exact) mass is 505 g/mol. The molecule has 1 saturated carbocycles. The van der Waals surface area contributed by atoms with Crippen molar-refractivity contribution in [2.75, 3.05) is 0 Å². The molecule has 0 saturated heterocycles. The Bertz CT molecular complexity index is 1270. The van der Waals surface area contributed by atoms with Crippen LogP contribution in [-0.2, 0) is 16.1 Å². The highest BCUT2D eigenvalue weighted by Crippen LogP contribution is 2.33. The van der Waals surface area contributed by atoms with Crippen molar-refractivity contribution in [3.8, 4) is 22.5 Å². The van der Waals surface area contributed by atoms with Gasteiger partial charge in [0.05, 0.1) is 28.8 Å². The molecule has 1 aliphatic carbocycles. The van der Waals surface area contributed by atoms with E-state index in [4.69, 9.17) is 9.26 Å². The highest BCUT2D eigenvalue weighted by molar-refractivity contribution is 9.10. The Labute approximate surface area is 200 Å². The molecule has 0 aliphatic heterocycles. The summed E-state index contributed by atoms with van der Waals surface area (Å²) >= 11 is 3.43. The SMILES string of the molecule is Cc1noc(-c2ccc(-c3ccc(C(C)OC(=O)C4CC4)cc3)cc2)c1Cn1cc(Br)cn1. The molecule has 2 aromatic carbocycles. The van der Waals surface area contributed by atoms with E-state index in [2.05, 4.69) is 50.5 Å². The first-order valence-electron chi connectivity index (χ1n) is 11.0. The predicted molar refractivity (Wildman–Crippen MR) is 128 cm³/mol. The number of hydrogen-bond acceptors (Lipinski definition) is 5. The Kier molecular flexibility index (Phi) is 5.89. The molecule has 0 bridgehead atoms. The summed E-state index contributed by atoms with van der Waals surface area (Å²) in [6, 6.07) is 16.4. The molecular weight excluding hydrogens is 482 g/mol. The summed E-state index contributed by atoms with van der Waals surface area (Å²) in [6.45, 7) is 4.45. The van der Waals surface area contributed by atoms with Gasteiger partial charge in [0, 0.05) is 17.3 Å². The van der Waals surface area contributed by atoms with E-state index in [1.54, 1.807) is 6.20 Å². The van der Waals surface area contributed by atoms with Crippen LogP contribution in [0.25, 0.3) is 22.5 Å². The maximum absolute atomic E-state index is 11.9. The van der Waals surface area contributed by atoms with Crippen LogP contribution in [-0.4, -0.2) is 20.9 Å². The van der Waals surface area contributed by atoms with E-state index in [0.717, 1.165) is 56.6 Å². The first-order valence-corrected chi connectivity index (χ1v) is 11.8. The number of halogens is 1. The lowest BCUT2D eigenvalue weighted by Gasteiger charge is -2.14. The average molecular weight is 506 g/mol. The van der Waals surface area contributed by atoms with Gasteiger partial charge in [0.25, 0.3) is 0 Å². The standard InChI is InChI=1S/C26H24BrN3O3/c1-16-24(15-30-14-23(27)13-28-30)25(33-29-16)21-9-7-20(8-10-21)19-5-3-18(4-6-19)17(2)32-26(31)22-11-12-22/h3-10,13-14,17,22H,11-12,15H2,1-2H3. The fourth-order valence-electron chi connectivity index (χ4n) is 3.81. The summed E-state index contributed by atoms with van der Waals surface area (Å²) in [6.07, 6.45) is 5.36. The molecule has 2 heterocycles. The van der Waals surface area contributed by atoms with E-state index in [9.17, 15) is 4.79 Å². The molecule has 0 amide bonds. The van der Waals surface area contributed by atoms with Gasteiger partial charge in [-0.1, -0.05) is 53.7 Å². The molecule has 0 spiro atoms. The van der Waals surface area contributed by atoms with Crippen LogP contribution in [0, 0.1) is 12.8 Å². The third kappa shape index (κ3) is 4.78. The molecule has 2 aromatic heterocycles. The molecule has 1 unspecified atom stereocenters. The van der Waals surface area contributed by atoms with E-state index >= 15 is 0 Å². The van der Waals surface area contributed by atoms with Gasteiger partial charge in [0.2, 0.25) is 0 Å². The van der Waals surface area contributed by atoms with Crippen molar-refractivity contribution < 1.29 is 14.1 Å². The first kappa shape index (κ1) is 21.6. The highest BCUT2D eigenvalue weighted by Gasteiger charge is 2.32. The molecule has 33 heavy (non-hydrogen) atoms. The molecule has 6 nitrogen and oxygen atoms in total. The Balaban J connectivity index is 1.31. The van der Waals surface area contributed by atoms with Gasteiger partial charge in [-0.3, -0.25) is 9.48 Å². The third-order valence-corrected chi connectivity index (χ3v) is 6.38. The van der Waals surface area contributed by atoms with Crippen LogP contribution in [0.15, 0.2) is 69.9 Å². The second-order valence-electron chi connectivity index (χ2n) is 8.48. The summed E-state index contributed by atoms with van der Waals surface area (Å²) in [5.41, 5.74) is 6.03. The zero-order valence-electron chi connectivity index (χ0n) is 18.5. The normalized spacial score (nSPS) is 14.3. The zero-order valence-corrected chi connectivity index (χ0v) is 20.1. The summed E-state index contributed by atoms with van der Waals surface area (Å²) < 4.78 is 14.0. The van der Waals surface area contributed by atoms with E-state index in [1.165, 1.54) is 0 Å². The van der Waals surface area contributed by atoms with Crippen molar-refractivity contribution >= 4 is 21.9 Å². The van der Waals surface area contributed by atoms with Crippen LogP contribution in [0.3, 0.4) is 0 Å².